The Morgan fingerprint density at radius 2 is 1.06 bits per heavy atom. The molecule has 18 heavy (non-hydrogen) atoms. The number of rotatable bonds is 8. The third-order valence-electron chi connectivity index (χ3n) is 2.20. The molecule has 114 valence electrons. The van der Waals surface area contributed by atoms with Crippen molar-refractivity contribution in [2.45, 2.75) is 40.5 Å². The third kappa shape index (κ3) is 25.2. The van der Waals surface area contributed by atoms with Gasteiger partial charge in [0.1, 0.15) is 0 Å². The quantitative estimate of drug-likeness (QED) is 0.632. The van der Waals surface area contributed by atoms with Crippen molar-refractivity contribution in [3.05, 3.63) is 0 Å². The summed E-state index contributed by atoms with van der Waals surface area (Å²) in [6, 6.07) is 0. The fourth-order valence-electron chi connectivity index (χ4n) is 1.36. The van der Waals surface area contributed by atoms with Crippen LogP contribution in [0.1, 0.15) is 40.5 Å². The Hall–Kier alpha value is 0.310. The van der Waals surface area contributed by atoms with E-state index in [0.717, 1.165) is 6.54 Å². The molecule has 0 heterocycles. The summed E-state index contributed by atoms with van der Waals surface area (Å²) in [6.45, 7) is 12.8. The summed E-state index contributed by atoms with van der Waals surface area (Å²) in [5, 5.41) is 0. The summed E-state index contributed by atoms with van der Waals surface area (Å²) in [5.74, 6) is 0. The Labute approximate surface area is 119 Å². The summed E-state index contributed by atoms with van der Waals surface area (Å²) in [6.07, 6.45) is 2.51. The van der Waals surface area contributed by atoms with Gasteiger partial charge in [0, 0.05) is 6.54 Å². The second kappa shape index (κ2) is 19.6. The lowest BCUT2D eigenvalue weighted by Crippen LogP contribution is -2.26. The Morgan fingerprint density at radius 1 is 0.667 bits per heavy atom. The van der Waals surface area contributed by atoms with Gasteiger partial charge in [-0.15, -0.1) is 0 Å². The van der Waals surface area contributed by atoms with Gasteiger partial charge in [-0.3, -0.25) is 4.67 Å². The molecule has 0 aromatic carbocycles. The molecule has 0 aromatic heterocycles. The standard InChI is InChI=1S/C10H26N3P.2C2H6/c1-11(2)7-5-8-12(3)9-6-10-13(4)14;2*1-2/h5-10,14H2,1-4H3;2*1-2H3. The molecule has 0 aliphatic heterocycles. The predicted molar refractivity (Wildman–Crippen MR) is 90.3 cm³/mol. The van der Waals surface area contributed by atoms with Gasteiger partial charge in [0.05, 0.1) is 0 Å². The first kappa shape index (κ1) is 23.4. The van der Waals surface area contributed by atoms with Gasteiger partial charge in [-0.05, 0) is 60.7 Å². The summed E-state index contributed by atoms with van der Waals surface area (Å²) >= 11 is 0. The summed E-state index contributed by atoms with van der Waals surface area (Å²) in [7, 11) is 11.3. The minimum Gasteiger partial charge on any atom is -0.309 e. The largest absolute Gasteiger partial charge is 0.309 e. The first-order valence-corrected chi connectivity index (χ1v) is 7.83. The zero-order valence-corrected chi connectivity index (χ0v) is 15.3. The Balaban J connectivity index is -0.000000506. The van der Waals surface area contributed by atoms with Crippen LogP contribution in [0.5, 0.6) is 0 Å². The van der Waals surface area contributed by atoms with Gasteiger partial charge in [-0.25, -0.2) is 0 Å². The van der Waals surface area contributed by atoms with Gasteiger partial charge in [0.2, 0.25) is 0 Å². The molecule has 1 atom stereocenters. The van der Waals surface area contributed by atoms with Crippen LogP contribution in [0, 0.1) is 0 Å². The van der Waals surface area contributed by atoms with E-state index in [-0.39, 0.29) is 0 Å². The molecule has 0 saturated carbocycles. The van der Waals surface area contributed by atoms with E-state index in [9.17, 15) is 0 Å². The fourth-order valence-corrected chi connectivity index (χ4v) is 1.54. The van der Waals surface area contributed by atoms with E-state index in [4.69, 9.17) is 0 Å². The van der Waals surface area contributed by atoms with Crippen molar-refractivity contribution in [3.8, 4) is 0 Å². The number of hydrogen-bond acceptors (Lipinski definition) is 3. The molecule has 0 saturated heterocycles. The Bertz CT molecular complexity index is 116. The van der Waals surface area contributed by atoms with Crippen molar-refractivity contribution in [1.29, 1.82) is 0 Å². The average molecular weight is 279 g/mol. The lowest BCUT2D eigenvalue weighted by Gasteiger charge is -2.19. The van der Waals surface area contributed by atoms with Crippen molar-refractivity contribution in [2.24, 2.45) is 0 Å². The molecule has 0 radical (unpaired) electrons. The molecule has 0 spiro atoms. The maximum Gasteiger partial charge on any atom is 0.00253 e. The van der Waals surface area contributed by atoms with Crippen LogP contribution in [0.2, 0.25) is 0 Å². The molecule has 0 aliphatic rings. The third-order valence-corrected chi connectivity index (χ3v) is 2.45. The van der Waals surface area contributed by atoms with E-state index >= 15 is 0 Å². The van der Waals surface area contributed by atoms with Gasteiger partial charge in [-0.1, -0.05) is 37.1 Å². The van der Waals surface area contributed by atoms with Crippen LogP contribution in [-0.2, 0) is 0 Å². The zero-order chi connectivity index (χ0) is 15.0. The predicted octanol–water partition coefficient (Wildman–Crippen LogP) is 3.03. The van der Waals surface area contributed by atoms with E-state index in [1.54, 1.807) is 0 Å². The minimum absolute atomic E-state index is 1.16. The SMILES string of the molecule is CC.CC.CN(C)CCCN(C)CCCN(C)P. The molecule has 0 amide bonds. The summed E-state index contributed by atoms with van der Waals surface area (Å²) in [4.78, 5) is 4.65. The molecule has 0 rings (SSSR count). The van der Waals surface area contributed by atoms with Gasteiger partial charge in [-0.2, -0.15) is 0 Å². The molecule has 3 nitrogen and oxygen atoms in total. The van der Waals surface area contributed by atoms with E-state index < -0.39 is 0 Å². The highest BCUT2D eigenvalue weighted by Gasteiger charge is 1.99. The van der Waals surface area contributed by atoms with Crippen molar-refractivity contribution >= 4 is 9.39 Å². The van der Waals surface area contributed by atoms with Gasteiger partial charge in [0.25, 0.3) is 0 Å². The van der Waals surface area contributed by atoms with E-state index in [2.05, 4.69) is 52.1 Å². The molecule has 0 N–H and O–H groups in total. The molecule has 0 fully saturated rings. The Morgan fingerprint density at radius 3 is 1.39 bits per heavy atom. The van der Waals surface area contributed by atoms with Crippen LogP contribution < -0.4 is 0 Å². The topological polar surface area (TPSA) is 9.72 Å². The highest BCUT2D eigenvalue weighted by atomic mass is 31.0. The van der Waals surface area contributed by atoms with E-state index in [1.165, 1.54) is 32.5 Å². The van der Waals surface area contributed by atoms with Gasteiger partial charge >= 0.3 is 0 Å². The highest BCUT2D eigenvalue weighted by Crippen LogP contribution is 1.96. The molecule has 0 bridgehead atoms. The second-order valence-electron chi connectivity index (χ2n) is 4.29. The lowest BCUT2D eigenvalue weighted by molar-refractivity contribution is 0.291. The lowest BCUT2D eigenvalue weighted by atomic mass is 10.3. The second-order valence-corrected chi connectivity index (χ2v) is 5.18. The van der Waals surface area contributed by atoms with Crippen molar-refractivity contribution in [1.82, 2.24) is 14.5 Å². The monoisotopic (exact) mass is 279 g/mol. The number of hydrogen-bond donors (Lipinski definition) is 0. The molecule has 0 aromatic rings. The van der Waals surface area contributed by atoms with Crippen molar-refractivity contribution < 1.29 is 0 Å². The van der Waals surface area contributed by atoms with Crippen molar-refractivity contribution in [2.75, 3.05) is 54.4 Å². The van der Waals surface area contributed by atoms with Gasteiger partial charge < -0.3 is 9.80 Å². The van der Waals surface area contributed by atoms with Crippen LogP contribution >= 0.6 is 9.39 Å². The average Bonchev–Trinajstić information content (AvgIpc) is 2.33. The molecular formula is C14H38N3P. The van der Waals surface area contributed by atoms with Crippen molar-refractivity contribution in [3.63, 3.8) is 0 Å². The van der Waals surface area contributed by atoms with Crippen LogP contribution in [0.3, 0.4) is 0 Å². The van der Waals surface area contributed by atoms with Crippen LogP contribution in [0.15, 0.2) is 0 Å². The molecule has 0 aliphatic carbocycles. The first-order chi connectivity index (χ1) is 8.52. The summed E-state index contributed by atoms with van der Waals surface area (Å²) in [5.41, 5.74) is 0. The van der Waals surface area contributed by atoms with Crippen LogP contribution in [0.4, 0.5) is 0 Å². The maximum absolute atomic E-state index is 2.70. The number of nitrogens with zero attached hydrogens (tertiary/aromatic N) is 3. The molecule has 4 heteroatoms. The summed E-state index contributed by atoms with van der Waals surface area (Å²) < 4.78 is 2.16. The fraction of sp³-hybridized carbons (Fsp3) is 1.00. The molecular weight excluding hydrogens is 241 g/mol. The Kier molecular flexibility index (Phi) is 25.5. The molecule has 1 unspecified atom stereocenters. The van der Waals surface area contributed by atoms with Gasteiger partial charge in [0.15, 0.2) is 0 Å². The minimum atomic E-state index is 1.16. The van der Waals surface area contributed by atoms with Crippen LogP contribution in [0.25, 0.3) is 0 Å². The first-order valence-electron chi connectivity index (χ1n) is 7.31. The zero-order valence-electron chi connectivity index (χ0n) is 14.2. The maximum atomic E-state index is 2.70. The highest BCUT2D eigenvalue weighted by molar-refractivity contribution is 7.13. The smallest absolute Gasteiger partial charge is 0.00253 e. The van der Waals surface area contributed by atoms with Crippen LogP contribution in [-0.4, -0.2) is 68.8 Å². The van der Waals surface area contributed by atoms with E-state index in [0.29, 0.717) is 0 Å². The normalized spacial score (nSPS) is 10.0. The van der Waals surface area contributed by atoms with E-state index in [1.807, 2.05) is 27.7 Å².